The van der Waals surface area contributed by atoms with Gasteiger partial charge in [0, 0.05) is 32.1 Å². The third-order valence-electron chi connectivity index (χ3n) is 4.99. The van der Waals surface area contributed by atoms with Crippen LogP contribution in [0, 0.1) is 12.8 Å². The number of carbonyl (C=O) groups is 1. The van der Waals surface area contributed by atoms with Crippen LogP contribution < -0.4 is 15.4 Å². The van der Waals surface area contributed by atoms with E-state index in [4.69, 9.17) is 4.52 Å². The average molecular weight is 437 g/mol. The average Bonchev–Trinajstić information content (AvgIpc) is 3.13. The molecule has 0 saturated carbocycles. The highest BCUT2D eigenvalue weighted by Crippen LogP contribution is 2.25. The Morgan fingerprint density at radius 1 is 1.27 bits per heavy atom. The number of para-hydroxylation sites is 1. The number of carbonyl (C=O) groups excluding carboxylic acids is 1. The molecule has 2 heterocycles. The first kappa shape index (κ1) is 22.2. The molecule has 30 heavy (non-hydrogen) atoms. The predicted molar refractivity (Wildman–Crippen MR) is 114 cm³/mol. The molecule has 0 aliphatic carbocycles. The number of urea groups is 1. The topological polar surface area (TPSA) is 129 Å². The van der Waals surface area contributed by atoms with Gasteiger partial charge in [0.2, 0.25) is 21.7 Å². The Balaban J connectivity index is 1.42. The summed E-state index contributed by atoms with van der Waals surface area (Å²) in [6.07, 6.45) is 3.08. The van der Waals surface area contributed by atoms with Gasteiger partial charge in [0.15, 0.2) is 0 Å². The molecule has 1 aliphatic rings. The van der Waals surface area contributed by atoms with E-state index < -0.39 is 10.0 Å². The number of sulfonamides is 1. The van der Waals surface area contributed by atoms with Gasteiger partial charge in [-0.15, -0.1) is 0 Å². The molecule has 1 aliphatic heterocycles. The van der Waals surface area contributed by atoms with Crippen molar-refractivity contribution in [3.63, 3.8) is 0 Å². The highest BCUT2D eigenvalue weighted by molar-refractivity contribution is 7.88. The van der Waals surface area contributed by atoms with Gasteiger partial charge in [-0.25, -0.2) is 17.9 Å². The van der Waals surface area contributed by atoms with E-state index in [-0.39, 0.29) is 6.03 Å². The smallest absolute Gasteiger partial charge is 0.319 e. The van der Waals surface area contributed by atoms with Crippen LogP contribution in [-0.4, -0.2) is 68.5 Å². The number of piperidine rings is 1. The van der Waals surface area contributed by atoms with E-state index in [1.54, 1.807) is 13.0 Å². The van der Waals surface area contributed by atoms with E-state index in [1.165, 1.54) is 0 Å². The predicted octanol–water partition coefficient (Wildman–Crippen LogP) is 1.43. The number of likely N-dealkylation sites (tertiary alicyclic amines) is 1. The summed E-state index contributed by atoms with van der Waals surface area (Å²) in [4.78, 5) is 18.8. The Labute approximate surface area is 176 Å². The number of aromatic nitrogens is 2. The van der Waals surface area contributed by atoms with Gasteiger partial charge in [0.1, 0.15) is 0 Å². The van der Waals surface area contributed by atoms with Crippen LogP contribution in [0.4, 0.5) is 10.5 Å². The number of rotatable bonds is 8. The molecule has 0 unspecified atom stereocenters. The van der Waals surface area contributed by atoms with Gasteiger partial charge in [0.05, 0.1) is 11.9 Å². The van der Waals surface area contributed by atoms with Gasteiger partial charge in [-0.05, 0) is 44.0 Å². The van der Waals surface area contributed by atoms with Crippen molar-refractivity contribution >= 4 is 21.7 Å². The summed E-state index contributed by atoms with van der Waals surface area (Å²) >= 11 is 0. The second-order valence-electron chi connectivity index (χ2n) is 7.47. The van der Waals surface area contributed by atoms with Crippen molar-refractivity contribution in [2.75, 3.05) is 44.3 Å². The zero-order chi connectivity index (χ0) is 21.6. The molecule has 1 saturated heterocycles. The van der Waals surface area contributed by atoms with Gasteiger partial charge in [-0.1, -0.05) is 17.3 Å². The highest BCUT2D eigenvalue weighted by Gasteiger charge is 2.20. The van der Waals surface area contributed by atoms with Crippen LogP contribution >= 0.6 is 0 Å². The molecular weight excluding hydrogens is 408 g/mol. The quantitative estimate of drug-likeness (QED) is 0.571. The molecular formula is C19H28N6O4S. The standard InChI is InChI=1S/C19H28N6O4S/c1-14-22-18(24-29-14)16-5-3-4-6-17(16)23-19(26)20-13-15-7-10-25(11-8-15)12-9-21-30(2,27)28/h3-6,15,21H,7-13H2,1-2H3,(H2,20,23,26). The number of anilines is 1. The van der Waals surface area contributed by atoms with Crippen LogP contribution in [0.3, 0.4) is 0 Å². The van der Waals surface area contributed by atoms with Crippen LogP contribution in [0.2, 0.25) is 0 Å². The van der Waals surface area contributed by atoms with Gasteiger partial charge in [-0.2, -0.15) is 4.98 Å². The van der Waals surface area contributed by atoms with Crippen molar-refractivity contribution in [2.24, 2.45) is 5.92 Å². The van der Waals surface area contributed by atoms with Gasteiger partial charge >= 0.3 is 6.03 Å². The molecule has 1 aromatic carbocycles. The van der Waals surface area contributed by atoms with Crippen LogP contribution in [0.25, 0.3) is 11.4 Å². The molecule has 10 nitrogen and oxygen atoms in total. The van der Waals surface area contributed by atoms with Crippen LogP contribution in [0.5, 0.6) is 0 Å². The molecule has 11 heteroatoms. The lowest BCUT2D eigenvalue weighted by molar-refractivity contribution is 0.185. The lowest BCUT2D eigenvalue weighted by Crippen LogP contribution is -2.42. The minimum absolute atomic E-state index is 0.276. The van der Waals surface area contributed by atoms with Gasteiger partial charge in [-0.3, -0.25) is 0 Å². The first-order valence-electron chi connectivity index (χ1n) is 9.92. The molecule has 1 fully saturated rings. The van der Waals surface area contributed by atoms with E-state index in [1.807, 2.05) is 18.2 Å². The fourth-order valence-electron chi connectivity index (χ4n) is 3.40. The molecule has 2 amide bonds. The maximum absolute atomic E-state index is 12.4. The van der Waals surface area contributed by atoms with Crippen molar-refractivity contribution in [1.29, 1.82) is 0 Å². The summed E-state index contributed by atoms with van der Waals surface area (Å²) in [7, 11) is -3.14. The second kappa shape index (κ2) is 10.0. The molecule has 164 valence electrons. The molecule has 3 rings (SSSR count). The fourth-order valence-corrected chi connectivity index (χ4v) is 3.86. The number of hydrogen-bond acceptors (Lipinski definition) is 7. The van der Waals surface area contributed by atoms with E-state index in [0.29, 0.717) is 48.5 Å². The minimum Gasteiger partial charge on any atom is -0.339 e. The first-order chi connectivity index (χ1) is 14.3. The molecule has 0 spiro atoms. The molecule has 3 N–H and O–H groups in total. The Morgan fingerprint density at radius 3 is 2.67 bits per heavy atom. The van der Waals surface area contributed by atoms with E-state index in [9.17, 15) is 13.2 Å². The van der Waals surface area contributed by atoms with Crippen molar-refractivity contribution in [3.05, 3.63) is 30.2 Å². The van der Waals surface area contributed by atoms with Crippen LogP contribution in [-0.2, 0) is 10.0 Å². The summed E-state index contributed by atoms with van der Waals surface area (Å²) in [6, 6.07) is 7.03. The Kier molecular flexibility index (Phi) is 7.40. The third kappa shape index (κ3) is 6.78. The van der Waals surface area contributed by atoms with E-state index in [2.05, 4.69) is 30.4 Å². The fraction of sp³-hybridized carbons (Fsp3) is 0.526. The molecule has 1 aromatic heterocycles. The lowest BCUT2D eigenvalue weighted by Gasteiger charge is -2.31. The van der Waals surface area contributed by atoms with Crippen LogP contribution in [0.15, 0.2) is 28.8 Å². The van der Waals surface area contributed by atoms with Crippen molar-refractivity contribution in [1.82, 2.24) is 25.1 Å². The summed E-state index contributed by atoms with van der Waals surface area (Å²) in [5.74, 6) is 1.29. The summed E-state index contributed by atoms with van der Waals surface area (Å²) in [5.41, 5.74) is 1.31. The molecule has 0 radical (unpaired) electrons. The molecule has 2 aromatic rings. The number of amides is 2. The number of aryl methyl sites for hydroxylation is 1. The van der Waals surface area contributed by atoms with Gasteiger partial charge < -0.3 is 20.1 Å². The number of benzene rings is 1. The van der Waals surface area contributed by atoms with Crippen molar-refractivity contribution in [2.45, 2.75) is 19.8 Å². The number of nitrogens with zero attached hydrogens (tertiary/aromatic N) is 3. The van der Waals surface area contributed by atoms with Crippen LogP contribution in [0.1, 0.15) is 18.7 Å². The first-order valence-corrected chi connectivity index (χ1v) is 11.8. The lowest BCUT2D eigenvalue weighted by atomic mass is 9.97. The second-order valence-corrected chi connectivity index (χ2v) is 9.30. The van der Waals surface area contributed by atoms with E-state index >= 15 is 0 Å². The van der Waals surface area contributed by atoms with Crippen molar-refractivity contribution < 1.29 is 17.7 Å². The maximum Gasteiger partial charge on any atom is 0.319 e. The Hall–Kier alpha value is -2.50. The van der Waals surface area contributed by atoms with E-state index in [0.717, 1.165) is 32.2 Å². The SMILES string of the molecule is Cc1nc(-c2ccccc2NC(=O)NCC2CCN(CCNS(C)(=O)=O)CC2)no1. The van der Waals surface area contributed by atoms with Crippen molar-refractivity contribution in [3.8, 4) is 11.4 Å². The van der Waals surface area contributed by atoms with Gasteiger partial charge in [0.25, 0.3) is 0 Å². The zero-order valence-electron chi connectivity index (χ0n) is 17.2. The summed E-state index contributed by atoms with van der Waals surface area (Å²) < 4.78 is 29.8. The highest BCUT2D eigenvalue weighted by atomic mass is 32.2. The summed E-state index contributed by atoms with van der Waals surface area (Å²) in [5, 5.41) is 9.71. The minimum atomic E-state index is -3.14. The largest absolute Gasteiger partial charge is 0.339 e. The molecule has 0 bridgehead atoms. The summed E-state index contributed by atoms with van der Waals surface area (Å²) in [6.45, 7) is 5.19. The maximum atomic E-state index is 12.4. The Morgan fingerprint density at radius 2 is 2.00 bits per heavy atom. The molecule has 0 atom stereocenters. The monoisotopic (exact) mass is 436 g/mol. The number of hydrogen-bond donors (Lipinski definition) is 3. The zero-order valence-corrected chi connectivity index (χ0v) is 18.0. The normalized spacial score (nSPS) is 15.8. The Bertz CT molecular complexity index is 953. The third-order valence-corrected chi connectivity index (χ3v) is 5.72. The number of nitrogens with one attached hydrogen (secondary N) is 3.